The largest absolute Gasteiger partial charge is 0.465 e. The molecule has 1 aromatic carbocycles. The molecule has 2 amide bonds. The molecule has 0 spiro atoms. The highest BCUT2D eigenvalue weighted by Crippen LogP contribution is 2.29. The second kappa shape index (κ2) is 9.47. The van der Waals surface area contributed by atoms with Gasteiger partial charge in [0.15, 0.2) is 9.84 Å². The lowest BCUT2D eigenvalue weighted by atomic mass is 9.82. The quantitative estimate of drug-likeness (QED) is 0.643. The smallest absolute Gasteiger partial charge is 0.407 e. The summed E-state index contributed by atoms with van der Waals surface area (Å²) in [6.45, 7) is 5.02. The van der Waals surface area contributed by atoms with Crippen LogP contribution in [0.4, 0.5) is 9.59 Å². The van der Waals surface area contributed by atoms with E-state index in [0.717, 1.165) is 5.56 Å². The van der Waals surface area contributed by atoms with Crippen LogP contribution in [0.15, 0.2) is 30.3 Å². The van der Waals surface area contributed by atoms with Gasteiger partial charge in [-0.05, 0) is 51.5 Å². The summed E-state index contributed by atoms with van der Waals surface area (Å²) in [4.78, 5) is 23.2. The van der Waals surface area contributed by atoms with Crippen molar-refractivity contribution in [2.75, 3.05) is 5.75 Å². The number of carbonyl (C=O) groups excluding carboxylic acids is 1. The maximum absolute atomic E-state index is 12.7. The highest BCUT2D eigenvalue weighted by Gasteiger charge is 2.39. The summed E-state index contributed by atoms with van der Waals surface area (Å²) in [5.74, 6) is -0.535. The molecule has 2 rings (SSSR count). The van der Waals surface area contributed by atoms with Crippen LogP contribution in [0.1, 0.15) is 45.6 Å². The second-order valence-corrected chi connectivity index (χ2v) is 11.2. The van der Waals surface area contributed by atoms with Gasteiger partial charge >= 0.3 is 12.2 Å². The Hall–Kier alpha value is -2.29. The summed E-state index contributed by atoms with van der Waals surface area (Å²) in [6, 6.07) is 8.51. The monoisotopic (exact) mass is 426 g/mol. The van der Waals surface area contributed by atoms with E-state index < -0.39 is 38.7 Å². The van der Waals surface area contributed by atoms with Crippen molar-refractivity contribution in [2.24, 2.45) is 5.92 Å². The number of ether oxygens (including phenoxy) is 1. The van der Waals surface area contributed by atoms with E-state index in [0.29, 0.717) is 19.3 Å². The number of hydrogen-bond donors (Lipinski definition) is 3. The van der Waals surface area contributed by atoms with Crippen LogP contribution >= 0.6 is 0 Å². The first-order valence-corrected chi connectivity index (χ1v) is 11.3. The summed E-state index contributed by atoms with van der Waals surface area (Å²) >= 11 is 0. The van der Waals surface area contributed by atoms with Crippen LogP contribution in [0.25, 0.3) is 0 Å². The van der Waals surface area contributed by atoms with Crippen LogP contribution in [-0.2, 0) is 21.2 Å². The number of amides is 2. The molecule has 162 valence electrons. The van der Waals surface area contributed by atoms with E-state index in [9.17, 15) is 18.0 Å². The Morgan fingerprint density at radius 3 is 2.38 bits per heavy atom. The number of rotatable bonds is 6. The first-order valence-electron chi connectivity index (χ1n) is 9.67. The molecule has 0 heterocycles. The highest BCUT2D eigenvalue weighted by atomic mass is 32.2. The number of carboxylic acid groups (broad SMARTS) is 1. The van der Waals surface area contributed by atoms with Gasteiger partial charge in [-0.2, -0.15) is 0 Å². The molecule has 1 saturated carbocycles. The molecule has 3 atom stereocenters. The van der Waals surface area contributed by atoms with Crippen LogP contribution in [-0.4, -0.2) is 48.3 Å². The van der Waals surface area contributed by atoms with Crippen LogP contribution in [0.5, 0.6) is 0 Å². The molecule has 0 radical (unpaired) electrons. The summed E-state index contributed by atoms with van der Waals surface area (Å²) < 4.78 is 29.7. The Balaban J connectivity index is 2.04. The predicted octanol–water partition coefficient (Wildman–Crippen LogP) is 2.93. The van der Waals surface area contributed by atoms with Crippen LogP contribution < -0.4 is 10.6 Å². The first-order chi connectivity index (χ1) is 13.5. The Labute approximate surface area is 171 Å². The fourth-order valence-corrected chi connectivity index (χ4v) is 4.82. The molecule has 3 N–H and O–H groups in total. The summed E-state index contributed by atoms with van der Waals surface area (Å²) in [6.07, 6.45) is -0.425. The maximum atomic E-state index is 12.7. The number of alkyl carbamates (subject to hydrolysis) is 1. The van der Waals surface area contributed by atoms with E-state index in [-0.39, 0.29) is 18.4 Å². The number of benzene rings is 1. The van der Waals surface area contributed by atoms with Crippen molar-refractivity contribution in [3.8, 4) is 0 Å². The molecule has 1 aliphatic carbocycles. The molecule has 9 heteroatoms. The third kappa shape index (κ3) is 6.92. The van der Waals surface area contributed by atoms with E-state index in [1.54, 1.807) is 20.8 Å². The lowest BCUT2D eigenvalue weighted by Gasteiger charge is -2.37. The molecular weight excluding hydrogens is 396 g/mol. The normalized spacial score (nSPS) is 22.5. The van der Waals surface area contributed by atoms with Gasteiger partial charge in [-0.3, -0.25) is 0 Å². The van der Waals surface area contributed by atoms with Gasteiger partial charge in [-0.15, -0.1) is 0 Å². The second-order valence-electron chi connectivity index (χ2n) is 8.43. The zero-order valence-electron chi connectivity index (χ0n) is 17.1. The Kier molecular flexibility index (Phi) is 7.51. The van der Waals surface area contributed by atoms with Crippen LogP contribution in [0, 0.1) is 5.92 Å². The van der Waals surface area contributed by atoms with Crippen LogP contribution in [0.2, 0.25) is 0 Å². The molecule has 29 heavy (non-hydrogen) atoms. The number of sulfone groups is 1. The van der Waals surface area contributed by atoms with E-state index in [1.807, 2.05) is 30.3 Å². The van der Waals surface area contributed by atoms with E-state index >= 15 is 0 Å². The van der Waals surface area contributed by atoms with Gasteiger partial charge in [-0.25, -0.2) is 18.0 Å². The average Bonchev–Trinajstić information content (AvgIpc) is 2.61. The third-order valence-corrected chi connectivity index (χ3v) is 7.93. The summed E-state index contributed by atoms with van der Waals surface area (Å²) in [7, 11) is -3.44. The zero-order chi connectivity index (χ0) is 21.7. The zero-order valence-corrected chi connectivity index (χ0v) is 17.9. The maximum Gasteiger partial charge on any atom is 0.407 e. The fourth-order valence-electron chi connectivity index (χ4n) is 3.39. The van der Waals surface area contributed by atoms with Crippen molar-refractivity contribution in [1.82, 2.24) is 10.6 Å². The lowest BCUT2D eigenvalue weighted by Crippen LogP contribution is -2.51. The SMILES string of the molecule is CC(C)(C)S(=O)(=O)C[C@@H]1C[C@H](NC(=O)O)CC[C@@H]1NC(=O)OCc1ccccc1. The molecule has 0 aliphatic heterocycles. The molecular formula is C20H30N2O6S. The fraction of sp³-hybridized carbons (Fsp3) is 0.600. The molecule has 0 bridgehead atoms. The Morgan fingerprint density at radius 2 is 1.79 bits per heavy atom. The Morgan fingerprint density at radius 1 is 1.14 bits per heavy atom. The van der Waals surface area contributed by atoms with E-state index in [4.69, 9.17) is 9.84 Å². The molecule has 1 fully saturated rings. The van der Waals surface area contributed by atoms with Gasteiger partial charge in [0.25, 0.3) is 0 Å². The predicted molar refractivity (Wildman–Crippen MR) is 109 cm³/mol. The van der Waals surface area contributed by atoms with Crippen molar-refractivity contribution in [3.05, 3.63) is 35.9 Å². The minimum Gasteiger partial charge on any atom is -0.465 e. The van der Waals surface area contributed by atoms with E-state index in [2.05, 4.69) is 10.6 Å². The van der Waals surface area contributed by atoms with Gasteiger partial charge in [0.2, 0.25) is 0 Å². The molecule has 1 aromatic rings. The van der Waals surface area contributed by atoms with Gasteiger partial charge in [-0.1, -0.05) is 30.3 Å². The molecule has 0 saturated heterocycles. The number of nitrogens with one attached hydrogen (secondary N) is 2. The average molecular weight is 427 g/mol. The highest BCUT2D eigenvalue weighted by molar-refractivity contribution is 7.92. The molecule has 1 aliphatic rings. The molecule has 0 unspecified atom stereocenters. The minimum absolute atomic E-state index is 0.119. The van der Waals surface area contributed by atoms with Gasteiger partial charge in [0.1, 0.15) is 6.61 Å². The Bertz CT molecular complexity index is 804. The summed E-state index contributed by atoms with van der Waals surface area (Å²) in [5, 5.41) is 14.2. The topological polar surface area (TPSA) is 122 Å². The molecule has 8 nitrogen and oxygen atoms in total. The van der Waals surface area contributed by atoms with Crippen molar-refractivity contribution >= 4 is 22.0 Å². The number of carbonyl (C=O) groups is 2. The molecule has 0 aromatic heterocycles. The third-order valence-electron chi connectivity index (χ3n) is 5.19. The van der Waals surface area contributed by atoms with Crippen LogP contribution in [0.3, 0.4) is 0 Å². The van der Waals surface area contributed by atoms with Crippen molar-refractivity contribution in [3.63, 3.8) is 0 Å². The van der Waals surface area contributed by atoms with Gasteiger partial charge < -0.3 is 20.5 Å². The van der Waals surface area contributed by atoms with E-state index in [1.165, 1.54) is 0 Å². The number of hydrogen-bond acceptors (Lipinski definition) is 5. The first kappa shape index (κ1) is 23.0. The van der Waals surface area contributed by atoms with Gasteiger partial charge in [0, 0.05) is 12.1 Å². The standard InChI is InChI=1S/C20H30N2O6S/c1-20(2,3)29(26,27)13-15-11-16(21-18(23)24)9-10-17(15)22-19(25)28-12-14-7-5-4-6-8-14/h4-8,15-17,21H,9-13H2,1-3H3,(H,22,25)(H,23,24)/t15-,16+,17-/m0/s1. The minimum atomic E-state index is -3.44. The van der Waals surface area contributed by atoms with Gasteiger partial charge in [0.05, 0.1) is 10.5 Å². The van der Waals surface area contributed by atoms with Crippen molar-refractivity contribution in [2.45, 2.75) is 63.5 Å². The lowest BCUT2D eigenvalue weighted by molar-refractivity contribution is 0.124. The van der Waals surface area contributed by atoms with Crippen molar-refractivity contribution in [1.29, 1.82) is 0 Å². The van der Waals surface area contributed by atoms with Crippen molar-refractivity contribution < 1.29 is 27.9 Å². The summed E-state index contributed by atoms with van der Waals surface area (Å²) in [5.41, 5.74) is 0.851.